The van der Waals surface area contributed by atoms with Crippen LogP contribution >= 0.6 is 0 Å². The lowest BCUT2D eigenvalue weighted by Gasteiger charge is -2.18. The number of hydrogen-bond donors (Lipinski definition) is 0. The molecule has 0 aliphatic heterocycles. The molecule has 372 valence electrons. The van der Waals surface area contributed by atoms with E-state index in [0.717, 1.165) is 70.6 Å². The number of allylic oxidation sites excluding steroid dienone is 10. The number of rotatable bonds is 51. The predicted molar refractivity (Wildman–Crippen MR) is 279 cm³/mol. The van der Waals surface area contributed by atoms with Crippen molar-refractivity contribution in [2.45, 2.75) is 284 Å². The molecule has 0 aromatic carbocycles. The molecule has 64 heavy (non-hydrogen) atoms. The van der Waals surface area contributed by atoms with E-state index in [1.165, 1.54) is 173 Å². The number of ether oxygens (including phenoxy) is 3. The average Bonchev–Trinajstić information content (AvgIpc) is 3.30. The minimum absolute atomic E-state index is 0.0595. The van der Waals surface area contributed by atoms with Gasteiger partial charge in [0.1, 0.15) is 6.61 Å². The van der Waals surface area contributed by atoms with Crippen LogP contribution in [-0.4, -0.2) is 37.9 Å². The molecule has 5 heteroatoms. The van der Waals surface area contributed by atoms with Gasteiger partial charge < -0.3 is 14.2 Å². The largest absolute Gasteiger partial charge is 0.462 e. The summed E-state index contributed by atoms with van der Waals surface area (Å²) >= 11 is 0. The molecular formula is C59H106O5. The summed E-state index contributed by atoms with van der Waals surface area (Å²) in [7, 11) is 0. The number of unbranched alkanes of at least 4 members (excludes halogenated alkanes) is 30. The van der Waals surface area contributed by atoms with Gasteiger partial charge in [0.05, 0.1) is 6.61 Å². The lowest BCUT2D eigenvalue weighted by atomic mass is 10.0. The zero-order chi connectivity index (χ0) is 46.3. The molecule has 1 unspecified atom stereocenters. The van der Waals surface area contributed by atoms with E-state index in [4.69, 9.17) is 14.2 Å². The Morgan fingerprint density at radius 3 is 1.11 bits per heavy atom. The van der Waals surface area contributed by atoms with Crippen molar-refractivity contribution in [2.75, 3.05) is 19.8 Å². The second kappa shape index (κ2) is 54.9. The molecule has 0 aliphatic rings. The van der Waals surface area contributed by atoms with Gasteiger partial charge in [-0.1, -0.05) is 268 Å². The Hall–Kier alpha value is -2.40. The molecule has 0 aliphatic carbocycles. The molecule has 5 nitrogen and oxygen atoms in total. The standard InChI is InChI=1S/C59H106O5/c1-4-7-10-13-16-19-22-25-27-29-31-33-36-39-42-45-48-51-54-62-55-57(64-59(61)53-50-47-44-41-38-34-24-21-18-15-12-9-6-3)56-63-58(60)52-49-46-43-40-37-35-32-30-28-26-23-20-17-14-11-8-5-2/h8,11,17,20,26,28,32,35,40,43,57H,4-7,9-10,12-16,18-19,21-25,27,29-31,33-34,36-39,41-42,44-56H2,1-3H3/b11-8-,20-17-,28-26-,35-32-,43-40-. The van der Waals surface area contributed by atoms with Crippen LogP contribution in [0.15, 0.2) is 60.8 Å². The lowest BCUT2D eigenvalue weighted by Crippen LogP contribution is -2.30. The maximum atomic E-state index is 12.8. The van der Waals surface area contributed by atoms with E-state index in [0.29, 0.717) is 19.4 Å². The summed E-state index contributed by atoms with van der Waals surface area (Å²) in [6.45, 7) is 7.70. The summed E-state index contributed by atoms with van der Waals surface area (Å²) in [5.74, 6) is -0.451. The predicted octanol–water partition coefficient (Wildman–Crippen LogP) is 18.9. The normalized spacial score (nSPS) is 12.6. The van der Waals surface area contributed by atoms with Crippen LogP contribution in [0.2, 0.25) is 0 Å². The zero-order valence-electron chi connectivity index (χ0n) is 42.8. The fraction of sp³-hybridized carbons (Fsp3) is 0.797. The second-order valence-corrected chi connectivity index (χ2v) is 18.5. The van der Waals surface area contributed by atoms with Gasteiger partial charge in [0, 0.05) is 19.4 Å². The summed E-state index contributed by atoms with van der Waals surface area (Å²) in [6.07, 6.45) is 69.6. The van der Waals surface area contributed by atoms with Crippen LogP contribution in [-0.2, 0) is 23.8 Å². The molecule has 0 saturated heterocycles. The molecule has 0 bridgehead atoms. The zero-order valence-corrected chi connectivity index (χ0v) is 42.8. The summed E-state index contributed by atoms with van der Waals surface area (Å²) in [5, 5.41) is 0. The summed E-state index contributed by atoms with van der Waals surface area (Å²) < 4.78 is 17.4. The van der Waals surface area contributed by atoms with E-state index in [2.05, 4.69) is 81.5 Å². The third-order valence-corrected chi connectivity index (χ3v) is 12.1. The minimum atomic E-state index is -0.556. The first kappa shape index (κ1) is 61.6. The molecule has 0 aromatic rings. The van der Waals surface area contributed by atoms with Gasteiger partial charge in [-0.2, -0.15) is 0 Å². The maximum absolute atomic E-state index is 12.8. The molecule has 0 spiro atoms. The molecule has 0 saturated carbocycles. The Kier molecular flexibility index (Phi) is 52.9. The fourth-order valence-corrected chi connectivity index (χ4v) is 7.96. The fourth-order valence-electron chi connectivity index (χ4n) is 7.96. The molecular weight excluding hydrogens is 789 g/mol. The molecule has 0 aromatic heterocycles. The molecule has 0 heterocycles. The first-order valence-electron chi connectivity index (χ1n) is 27.8. The van der Waals surface area contributed by atoms with E-state index < -0.39 is 6.10 Å². The SMILES string of the molecule is CC/C=C\C/C=C\C/C=C\C/C=C\C/C=C\CCCC(=O)OCC(COCCCCCCCCCCCCCCCCCCCC)OC(=O)CCCCCCCCCCCCCCC. The van der Waals surface area contributed by atoms with Crippen LogP contribution in [0.3, 0.4) is 0 Å². The average molecular weight is 895 g/mol. The van der Waals surface area contributed by atoms with Crippen molar-refractivity contribution in [1.29, 1.82) is 0 Å². The highest BCUT2D eigenvalue weighted by Gasteiger charge is 2.17. The van der Waals surface area contributed by atoms with Gasteiger partial charge in [-0.3, -0.25) is 9.59 Å². The first-order valence-corrected chi connectivity index (χ1v) is 27.8. The first-order chi connectivity index (χ1) is 31.6. The second-order valence-electron chi connectivity index (χ2n) is 18.5. The maximum Gasteiger partial charge on any atom is 0.306 e. The van der Waals surface area contributed by atoms with Crippen LogP contribution in [0, 0.1) is 0 Å². The summed E-state index contributed by atoms with van der Waals surface area (Å²) in [4.78, 5) is 25.4. The molecule has 0 fully saturated rings. The summed E-state index contributed by atoms with van der Waals surface area (Å²) in [5.41, 5.74) is 0. The van der Waals surface area contributed by atoms with Gasteiger partial charge in [-0.05, 0) is 57.8 Å². The van der Waals surface area contributed by atoms with Gasteiger partial charge in [-0.15, -0.1) is 0 Å². The third kappa shape index (κ3) is 52.2. The van der Waals surface area contributed by atoms with E-state index in [-0.39, 0.29) is 25.2 Å². The van der Waals surface area contributed by atoms with E-state index in [9.17, 15) is 9.59 Å². The Balaban J connectivity index is 4.30. The summed E-state index contributed by atoms with van der Waals surface area (Å²) in [6, 6.07) is 0. The van der Waals surface area contributed by atoms with Gasteiger partial charge in [0.2, 0.25) is 0 Å². The Labute approximate surface area is 398 Å². The number of carbonyl (C=O) groups excluding carboxylic acids is 2. The van der Waals surface area contributed by atoms with Crippen molar-refractivity contribution in [3.8, 4) is 0 Å². The van der Waals surface area contributed by atoms with Crippen molar-refractivity contribution in [2.24, 2.45) is 0 Å². The van der Waals surface area contributed by atoms with Crippen LogP contribution in [0.5, 0.6) is 0 Å². The van der Waals surface area contributed by atoms with Crippen molar-refractivity contribution >= 4 is 11.9 Å². The molecule has 0 amide bonds. The Morgan fingerprint density at radius 1 is 0.359 bits per heavy atom. The van der Waals surface area contributed by atoms with Crippen molar-refractivity contribution < 1.29 is 23.8 Å². The highest BCUT2D eigenvalue weighted by Crippen LogP contribution is 2.16. The topological polar surface area (TPSA) is 61.8 Å². The van der Waals surface area contributed by atoms with Crippen LogP contribution < -0.4 is 0 Å². The molecule has 0 rings (SSSR count). The van der Waals surface area contributed by atoms with Gasteiger partial charge >= 0.3 is 11.9 Å². The molecule has 1 atom stereocenters. The van der Waals surface area contributed by atoms with Crippen LogP contribution in [0.25, 0.3) is 0 Å². The Morgan fingerprint density at radius 2 is 0.703 bits per heavy atom. The monoisotopic (exact) mass is 895 g/mol. The quantitative estimate of drug-likeness (QED) is 0.0346. The van der Waals surface area contributed by atoms with Crippen molar-refractivity contribution in [1.82, 2.24) is 0 Å². The molecule has 0 radical (unpaired) electrons. The minimum Gasteiger partial charge on any atom is -0.462 e. The molecule has 0 N–H and O–H groups in total. The Bertz CT molecular complexity index is 1100. The van der Waals surface area contributed by atoms with E-state index in [1.807, 2.05) is 0 Å². The highest BCUT2D eigenvalue weighted by molar-refractivity contribution is 5.70. The van der Waals surface area contributed by atoms with E-state index in [1.54, 1.807) is 0 Å². The van der Waals surface area contributed by atoms with Crippen LogP contribution in [0.4, 0.5) is 0 Å². The number of carbonyl (C=O) groups is 2. The van der Waals surface area contributed by atoms with E-state index >= 15 is 0 Å². The highest BCUT2D eigenvalue weighted by atomic mass is 16.6. The van der Waals surface area contributed by atoms with Crippen LogP contribution in [0.1, 0.15) is 278 Å². The number of esters is 2. The third-order valence-electron chi connectivity index (χ3n) is 12.1. The van der Waals surface area contributed by atoms with Gasteiger partial charge in [-0.25, -0.2) is 0 Å². The van der Waals surface area contributed by atoms with Gasteiger partial charge in [0.15, 0.2) is 6.10 Å². The van der Waals surface area contributed by atoms with Crippen molar-refractivity contribution in [3.05, 3.63) is 60.8 Å². The smallest absolute Gasteiger partial charge is 0.306 e. The van der Waals surface area contributed by atoms with Gasteiger partial charge in [0.25, 0.3) is 0 Å². The van der Waals surface area contributed by atoms with Crippen molar-refractivity contribution in [3.63, 3.8) is 0 Å². The lowest BCUT2D eigenvalue weighted by molar-refractivity contribution is -0.163. The number of hydrogen-bond acceptors (Lipinski definition) is 5.